The van der Waals surface area contributed by atoms with Gasteiger partial charge in [-0.3, -0.25) is 4.98 Å². The van der Waals surface area contributed by atoms with Crippen molar-refractivity contribution in [3.8, 4) is 0 Å². The summed E-state index contributed by atoms with van der Waals surface area (Å²) < 4.78 is 11.7. The maximum absolute atomic E-state index is 11.3. The molecule has 2 heterocycles. The number of rotatable bonds is 3. The molecule has 0 radical (unpaired) electrons. The topological polar surface area (TPSA) is 68.7 Å². The fourth-order valence-electron chi connectivity index (χ4n) is 2.15. The molecule has 0 atom stereocenters. The summed E-state index contributed by atoms with van der Waals surface area (Å²) in [4.78, 5) is 15.3. The molecule has 0 aliphatic carbocycles. The standard InChI is InChI=1S/C15H20BNO4/c1-10-12(13(18)19)11(7-9-17-10)6-8-16-20-14(2,3)15(4,5)21-16/h6-9H,1-5H3,(H,18,19)/b8-6+. The third kappa shape index (κ3) is 3.01. The summed E-state index contributed by atoms with van der Waals surface area (Å²) in [6, 6.07) is 1.66. The van der Waals surface area contributed by atoms with E-state index in [1.807, 2.05) is 27.7 Å². The van der Waals surface area contributed by atoms with Crippen molar-refractivity contribution < 1.29 is 19.2 Å². The molecule has 0 bridgehead atoms. The molecule has 0 saturated carbocycles. The Morgan fingerprint density at radius 3 is 2.38 bits per heavy atom. The van der Waals surface area contributed by atoms with Gasteiger partial charge in [0.1, 0.15) is 0 Å². The van der Waals surface area contributed by atoms with E-state index in [1.54, 1.807) is 31.2 Å². The van der Waals surface area contributed by atoms with Crippen LogP contribution in [0.4, 0.5) is 0 Å². The zero-order chi connectivity index (χ0) is 15.8. The highest BCUT2D eigenvalue weighted by atomic mass is 16.7. The van der Waals surface area contributed by atoms with Crippen LogP contribution in [-0.2, 0) is 9.31 Å². The van der Waals surface area contributed by atoms with Crippen LogP contribution in [0.2, 0.25) is 0 Å². The van der Waals surface area contributed by atoms with E-state index in [-0.39, 0.29) is 5.56 Å². The summed E-state index contributed by atoms with van der Waals surface area (Å²) in [5, 5.41) is 9.27. The summed E-state index contributed by atoms with van der Waals surface area (Å²) in [5.41, 5.74) is 0.450. The first-order valence-electron chi connectivity index (χ1n) is 6.87. The Hall–Kier alpha value is -1.66. The monoisotopic (exact) mass is 289 g/mol. The van der Waals surface area contributed by atoms with E-state index in [2.05, 4.69) is 4.98 Å². The van der Waals surface area contributed by atoms with E-state index < -0.39 is 24.3 Å². The minimum absolute atomic E-state index is 0.199. The highest BCUT2D eigenvalue weighted by Crippen LogP contribution is 2.37. The smallest absolute Gasteiger partial charge is 0.478 e. The second-order valence-corrected chi connectivity index (χ2v) is 6.15. The number of aromatic carboxylic acids is 1. The Kier molecular flexibility index (Phi) is 3.95. The normalized spacial score (nSPS) is 20.1. The lowest BCUT2D eigenvalue weighted by Crippen LogP contribution is -2.41. The molecule has 1 aliphatic heterocycles. The number of carboxylic acids is 1. The van der Waals surface area contributed by atoms with Crippen LogP contribution in [0.15, 0.2) is 18.2 Å². The molecule has 0 unspecified atom stereocenters. The molecule has 21 heavy (non-hydrogen) atoms. The van der Waals surface area contributed by atoms with Crippen LogP contribution in [0.3, 0.4) is 0 Å². The zero-order valence-corrected chi connectivity index (χ0v) is 13.0. The van der Waals surface area contributed by atoms with Crippen molar-refractivity contribution in [1.29, 1.82) is 0 Å². The van der Waals surface area contributed by atoms with E-state index in [9.17, 15) is 9.90 Å². The Balaban J connectivity index is 2.24. The van der Waals surface area contributed by atoms with Crippen molar-refractivity contribution >= 4 is 19.2 Å². The van der Waals surface area contributed by atoms with Gasteiger partial charge < -0.3 is 14.4 Å². The summed E-state index contributed by atoms with van der Waals surface area (Å²) >= 11 is 0. The average molecular weight is 289 g/mol. The maximum atomic E-state index is 11.3. The molecule has 0 aromatic carbocycles. The first-order chi connectivity index (χ1) is 9.64. The maximum Gasteiger partial charge on any atom is 0.487 e. The van der Waals surface area contributed by atoms with Crippen molar-refractivity contribution in [1.82, 2.24) is 4.98 Å². The van der Waals surface area contributed by atoms with Crippen LogP contribution in [-0.4, -0.2) is 34.4 Å². The number of carboxylic acid groups (broad SMARTS) is 1. The van der Waals surface area contributed by atoms with E-state index >= 15 is 0 Å². The quantitative estimate of drug-likeness (QED) is 0.866. The summed E-state index contributed by atoms with van der Waals surface area (Å²) in [6.07, 6.45) is 3.30. The Morgan fingerprint density at radius 2 is 1.86 bits per heavy atom. The minimum atomic E-state index is -0.992. The molecule has 1 N–H and O–H groups in total. The molecule has 0 spiro atoms. The number of aryl methyl sites for hydroxylation is 1. The lowest BCUT2D eigenvalue weighted by molar-refractivity contribution is 0.00578. The van der Waals surface area contributed by atoms with Gasteiger partial charge in [-0.15, -0.1) is 0 Å². The fourth-order valence-corrected chi connectivity index (χ4v) is 2.15. The predicted molar refractivity (Wildman–Crippen MR) is 81.0 cm³/mol. The number of nitrogens with zero attached hydrogens (tertiary/aromatic N) is 1. The summed E-state index contributed by atoms with van der Waals surface area (Å²) in [7, 11) is -0.495. The Labute approximate surface area is 125 Å². The van der Waals surface area contributed by atoms with Gasteiger partial charge >= 0.3 is 13.1 Å². The van der Waals surface area contributed by atoms with Crippen LogP contribution in [0.25, 0.3) is 6.08 Å². The van der Waals surface area contributed by atoms with Gasteiger partial charge in [-0.2, -0.15) is 0 Å². The summed E-state index contributed by atoms with van der Waals surface area (Å²) in [6.45, 7) is 9.57. The average Bonchev–Trinajstić information content (AvgIpc) is 2.54. The van der Waals surface area contributed by atoms with Gasteiger partial charge in [0.25, 0.3) is 0 Å². The lowest BCUT2D eigenvalue weighted by Gasteiger charge is -2.32. The number of hydrogen-bond donors (Lipinski definition) is 1. The predicted octanol–water partition coefficient (Wildman–Crippen LogP) is 2.73. The highest BCUT2D eigenvalue weighted by molar-refractivity contribution is 6.52. The third-order valence-corrected chi connectivity index (χ3v) is 4.09. The van der Waals surface area contributed by atoms with Gasteiger partial charge in [0.05, 0.1) is 22.5 Å². The molecule has 1 saturated heterocycles. The van der Waals surface area contributed by atoms with Crippen molar-refractivity contribution in [2.24, 2.45) is 0 Å². The van der Waals surface area contributed by atoms with Crippen molar-refractivity contribution in [3.63, 3.8) is 0 Å². The molecule has 1 aromatic heterocycles. The SMILES string of the molecule is Cc1nccc(/C=C/B2OC(C)(C)C(C)(C)O2)c1C(=O)O. The van der Waals surface area contributed by atoms with Gasteiger partial charge in [0, 0.05) is 6.20 Å². The summed E-state index contributed by atoms with van der Waals surface area (Å²) in [5.74, 6) is 0.742. The molecule has 1 aromatic rings. The second-order valence-electron chi connectivity index (χ2n) is 6.15. The number of hydrogen-bond acceptors (Lipinski definition) is 4. The number of carbonyl (C=O) groups is 1. The second kappa shape index (κ2) is 5.28. The van der Waals surface area contributed by atoms with E-state index in [4.69, 9.17) is 9.31 Å². The first-order valence-corrected chi connectivity index (χ1v) is 6.87. The van der Waals surface area contributed by atoms with Gasteiger partial charge in [-0.05, 0) is 46.2 Å². The molecule has 5 nitrogen and oxygen atoms in total. The molecule has 112 valence electrons. The van der Waals surface area contributed by atoms with Gasteiger partial charge in [0.15, 0.2) is 0 Å². The zero-order valence-electron chi connectivity index (χ0n) is 13.0. The molecular formula is C15H20BNO4. The van der Waals surface area contributed by atoms with Gasteiger partial charge in [-0.25, -0.2) is 4.79 Å². The molecule has 6 heteroatoms. The van der Waals surface area contributed by atoms with E-state index in [1.165, 1.54) is 0 Å². The molecule has 0 amide bonds. The van der Waals surface area contributed by atoms with Crippen LogP contribution < -0.4 is 0 Å². The first kappa shape index (κ1) is 15.7. The number of pyridine rings is 1. The molecule has 2 rings (SSSR count). The van der Waals surface area contributed by atoms with Crippen LogP contribution in [0.1, 0.15) is 49.3 Å². The Morgan fingerprint density at radius 1 is 1.29 bits per heavy atom. The van der Waals surface area contributed by atoms with Crippen molar-refractivity contribution in [2.45, 2.75) is 45.8 Å². The van der Waals surface area contributed by atoms with Crippen molar-refractivity contribution in [3.05, 3.63) is 35.1 Å². The van der Waals surface area contributed by atoms with E-state index in [0.717, 1.165) is 0 Å². The largest absolute Gasteiger partial charge is 0.487 e. The van der Waals surface area contributed by atoms with Crippen LogP contribution in [0.5, 0.6) is 0 Å². The minimum Gasteiger partial charge on any atom is -0.478 e. The fraction of sp³-hybridized carbons (Fsp3) is 0.467. The molecular weight excluding hydrogens is 269 g/mol. The molecule has 1 aliphatic rings. The van der Waals surface area contributed by atoms with Crippen molar-refractivity contribution in [2.75, 3.05) is 0 Å². The van der Waals surface area contributed by atoms with Crippen LogP contribution >= 0.6 is 0 Å². The lowest BCUT2D eigenvalue weighted by atomic mass is 9.88. The van der Waals surface area contributed by atoms with Crippen LogP contribution in [0, 0.1) is 6.92 Å². The van der Waals surface area contributed by atoms with E-state index in [0.29, 0.717) is 11.3 Å². The van der Waals surface area contributed by atoms with Gasteiger partial charge in [-0.1, -0.05) is 12.1 Å². The Bertz CT molecular complexity index is 579. The third-order valence-electron chi connectivity index (χ3n) is 4.09. The van der Waals surface area contributed by atoms with Gasteiger partial charge in [0.2, 0.25) is 0 Å². The molecule has 1 fully saturated rings. The highest BCUT2D eigenvalue weighted by Gasteiger charge is 2.50. The number of aromatic nitrogens is 1.